The Hall–Kier alpha value is -2.41. The maximum absolute atomic E-state index is 13.2. The van der Waals surface area contributed by atoms with Gasteiger partial charge in [-0.1, -0.05) is 12.1 Å². The van der Waals surface area contributed by atoms with Crippen LogP contribution in [-0.4, -0.2) is 0 Å². The van der Waals surface area contributed by atoms with Gasteiger partial charge in [0, 0.05) is 5.69 Å². The average Bonchev–Trinajstić information content (AvgIpc) is 2.39. The van der Waals surface area contributed by atoms with Crippen molar-refractivity contribution in [2.75, 3.05) is 5.32 Å². The van der Waals surface area contributed by atoms with Crippen molar-refractivity contribution in [3.8, 4) is 6.07 Å². The van der Waals surface area contributed by atoms with Gasteiger partial charge in [-0.25, -0.2) is 8.78 Å². The van der Waals surface area contributed by atoms with Gasteiger partial charge in [0.1, 0.15) is 17.7 Å². The van der Waals surface area contributed by atoms with Crippen LogP contribution >= 0.6 is 0 Å². The molecular weight excluding hydrogens is 246 g/mol. The molecule has 1 N–H and O–H groups in total. The van der Waals surface area contributed by atoms with Crippen molar-refractivity contribution in [2.24, 2.45) is 0 Å². The van der Waals surface area contributed by atoms with Gasteiger partial charge in [0.05, 0.1) is 6.07 Å². The van der Waals surface area contributed by atoms with E-state index in [9.17, 15) is 14.0 Å². The van der Waals surface area contributed by atoms with Gasteiger partial charge in [-0.15, -0.1) is 0 Å². The van der Waals surface area contributed by atoms with Crippen molar-refractivity contribution >= 4 is 5.69 Å². The van der Waals surface area contributed by atoms with Crippen LogP contribution in [0.2, 0.25) is 0 Å². The van der Waals surface area contributed by atoms with Crippen LogP contribution in [0.25, 0.3) is 0 Å². The number of nitrogens with zero attached hydrogens (tertiary/aromatic N) is 1. The van der Waals surface area contributed by atoms with Gasteiger partial charge >= 0.3 is 0 Å². The molecule has 2 nitrogen and oxygen atoms in total. The number of aryl methyl sites for hydroxylation is 1. The van der Waals surface area contributed by atoms with Gasteiger partial charge in [-0.05, 0) is 48.4 Å². The van der Waals surface area contributed by atoms with E-state index in [1.165, 1.54) is 24.3 Å². The molecule has 1 atom stereocenters. The van der Waals surface area contributed by atoms with Crippen molar-refractivity contribution in [3.63, 3.8) is 0 Å². The minimum Gasteiger partial charge on any atom is -0.366 e. The minimum absolute atomic E-state index is 0.391. The van der Waals surface area contributed by atoms with Gasteiger partial charge < -0.3 is 5.32 Å². The van der Waals surface area contributed by atoms with E-state index < -0.39 is 17.7 Å². The van der Waals surface area contributed by atoms with Crippen LogP contribution in [-0.2, 0) is 0 Å². The van der Waals surface area contributed by atoms with Gasteiger partial charge in [0.15, 0.2) is 0 Å². The topological polar surface area (TPSA) is 35.8 Å². The molecule has 0 aliphatic rings. The molecule has 0 fully saturated rings. The second kappa shape index (κ2) is 5.49. The lowest BCUT2D eigenvalue weighted by Crippen LogP contribution is -2.10. The molecule has 0 radical (unpaired) electrons. The zero-order valence-corrected chi connectivity index (χ0v) is 10.3. The lowest BCUT2D eigenvalue weighted by atomic mass is 10.0. The molecule has 0 heterocycles. The van der Waals surface area contributed by atoms with E-state index in [1.54, 1.807) is 25.1 Å². The second-order valence-electron chi connectivity index (χ2n) is 4.22. The number of hydrogen-bond acceptors (Lipinski definition) is 2. The Kier molecular flexibility index (Phi) is 3.76. The molecule has 96 valence electrons. The summed E-state index contributed by atoms with van der Waals surface area (Å²) in [5, 5.41) is 12.1. The summed E-state index contributed by atoms with van der Waals surface area (Å²) >= 11 is 0. The molecule has 0 aliphatic heterocycles. The molecule has 19 heavy (non-hydrogen) atoms. The number of anilines is 1. The first-order chi connectivity index (χ1) is 9.10. The number of halogens is 2. The number of rotatable bonds is 3. The number of nitriles is 1. The lowest BCUT2D eigenvalue weighted by molar-refractivity contribution is 0.623. The molecule has 0 aliphatic carbocycles. The number of nitrogens with one attached hydrogen (secondary N) is 1. The van der Waals surface area contributed by atoms with Crippen molar-refractivity contribution in [2.45, 2.75) is 13.0 Å². The van der Waals surface area contributed by atoms with Gasteiger partial charge in [0.2, 0.25) is 0 Å². The predicted molar refractivity (Wildman–Crippen MR) is 69.5 cm³/mol. The van der Waals surface area contributed by atoms with E-state index in [4.69, 9.17) is 0 Å². The molecule has 0 bridgehead atoms. The van der Waals surface area contributed by atoms with E-state index >= 15 is 0 Å². The Bertz CT molecular complexity index is 632. The first kappa shape index (κ1) is 13.0. The molecule has 0 aromatic heterocycles. The van der Waals surface area contributed by atoms with E-state index in [-0.39, 0.29) is 0 Å². The zero-order chi connectivity index (χ0) is 13.8. The highest BCUT2D eigenvalue weighted by Gasteiger charge is 2.14. The molecule has 2 aromatic rings. The Labute approximate surface area is 110 Å². The third-order valence-corrected chi connectivity index (χ3v) is 2.82. The summed E-state index contributed by atoms with van der Waals surface area (Å²) in [5.74, 6) is -0.792. The third kappa shape index (κ3) is 3.08. The molecule has 1 unspecified atom stereocenters. The SMILES string of the molecule is Cc1ccc(F)cc1C(C#N)Nc1cccc(F)c1. The maximum atomic E-state index is 13.2. The summed E-state index contributed by atoms with van der Waals surface area (Å²) < 4.78 is 26.3. The third-order valence-electron chi connectivity index (χ3n) is 2.82. The monoisotopic (exact) mass is 258 g/mol. The van der Waals surface area contributed by atoms with Crippen LogP contribution in [0.3, 0.4) is 0 Å². The van der Waals surface area contributed by atoms with Crippen molar-refractivity contribution in [1.29, 1.82) is 5.26 Å². The zero-order valence-electron chi connectivity index (χ0n) is 10.3. The van der Waals surface area contributed by atoms with Crippen molar-refractivity contribution in [3.05, 3.63) is 65.2 Å². The Morgan fingerprint density at radius 2 is 1.84 bits per heavy atom. The summed E-state index contributed by atoms with van der Waals surface area (Å²) in [7, 11) is 0. The van der Waals surface area contributed by atoms with E-state index in [0.29, 0.717) is 11.3 Å². The summed E-state index contributed by atoms with van der Waals surface area (Å²) in [4.78, 5) is 0. The smallest absolute Gasteiger partial charge is 0.140 e. The van der Waals surface area contributed by atoms with Gasteiger partial charge in [0.25, 0.3) is 0 Å². The molecule has 0 amide bonds. The molecule has 2 rings (SSSR count). The molecule has 0 spiro atoms. The predicted octanol–water partition coefficient (Wildman–Crippen LogP) is 3.95. The van der Waals surface area contributed by atoms with Crippen molar-refractivity contribution < 1.29 is 8.78 Å². The van der Waals surface area contributed by atoms with E-state index in [0.717, 1.165) is 5.56 Å². The van der Waals surface area contributed by atoms with E-state index in [2.05, 4.69) is 11.4 Å². The largest absolute Gasteiger partial charge is 0.366 e. The summed E-state index contributed by atoms with van der Waals surface area (Å²) in [6.45, 7) is 1.80. The summed E-state index contributed by atoms with van der Waals surface area (Å²) in [5.41, 5.74) is 1.83. The highest BCUT2D eigenvalue weighted by molar-refractivity contribution is 5.48. The van der Waals surface area contributed by atoms with Crippen LogP contribution in [0.4, 0.5) is 14.5 Å². The standard InChI is InChI=1S/C15H12F2N2/c1-10-5-6-12(17)8-14(10)15(9-18)19-13-4-2-3-11(16)7-13/h2-8,15,19H,1H3. The molecule has 4 heteroatoms. The molecule has 2 aromatic carbocycles. The van der Waals surface area contributed by atoms with Crippen molar-refractivity contribution in [1.82, 2.24) is 0 Å². The van der Waals surface area contributed by atoms with Crippen LogP contribution in [0.5, 0.6) is 0 Å². The van der Waals surface area contributed by atoms with Crippen LogP contribution in [0.15, 0.2) is 42.5 Å². The van der Waals surface area contributed by atoms with Crippen LogP contribution in [0, 0.1) is 29.9 Å². The highest BCUT2D eigenvalue weighted by atomic mass is 19.1. The second-order valence-corrected chi connectivity index (χ2v) is 4.22. The highest BCUT2D eigenvalue weighted by Crippen LogP contribution is 2.23. The first-order valence-electron chi connectivity index (χ1n) is 5.78. The Balaban J connectivity index is 2.31. The number of benzene rings is 2. The Morgan fingerprint density at radius 3 is 2.53 bits per heavy atom. The fraction of sp³-hybridized carbons (Fsp3) is 0.133. The average molecular weight is 258 g/mol. The van der Waals surface area contributed by atoms with E-state index in [1.807, 2.05) is 0 Å². The number of hydrogen-bond donors (Lipinski definition) is 1. The normalized spacial score (nSPS) is 11.7. The lowest BCUT2D eigenvalue weighted by Gasteiger charge is -2.15. The minimum atomic E-state index is -0.725. The summed E-state index contributed by atoms with van der Waals surface area (Å²) in [6, 6.07) is 11.4. The maximum Gasteiger partial charge on any atom is 0.140 e. The van der Waals surface area contributed by atoms with Gasteiger partial charge in [-0.3, -0.25) is 0 Å². The fourth-order valence-corrected chi connectivity index (χ4v) is 1.85. The summed E-state index contributed by atoms with van der Waals surface area (Å²) in [6.07, 6.45) is 0. The molecular formula is C15H12F2N2. The van der Waals surface area contributed by atoms with Gasteiger partial charge in [-0.2, -0.15) is 5.26 Å². The molecule has 0 saturated heterocycles. The van der Waals surface area contributed by atoms with Crippen LogP contribution < -0.4 is 5.32 Å². The first-order valence-corrected chi connectivity index (χ1v) is 5.78. The fourth-order valence-electron chi connectivity index (χ4n) is 1.85. The quantitative estimate of drug-likeness (QED) is 0.904. The Morgan fingerprint density at radius 1 is 1.11 bits per heavy atom. The molecule has 0 saturated carbocycles. The van der Waals surface area contributed by atoms with Crippen LogP contribution in [0.1, 0.15) is 17.2 Å².